The average Bonchev–Trinajstić information content (AvgIpc) is 2.98. The molecule has 0 bridgehead atoms. The van der Waals surface area contributed by atoms with Crippen molar-refractivity contribution < 1.29 is 19.1 Å². The first-order valence-electron chi connectivity index (χ1n) is 13.5. The van der Waals surface area contributed by atoms with Crippen molar-refractivity contribution >= 4 is 17.8 Å². The number of carbonyl (C=O) groups excluding carboxylic acids is 3. The maximum Gasteiger partial charge on any atom is 0.334 e. The second-order valence-corrected chi connectivity index (χ2v) is 10.2. The minimum atomic E-state index is -0.731. The molecule has 2 fully saturated rings. The van der Waals surface area contributed by atoms with Crippen LogP contribution in [0, 0.1) is 0 Å². The molecule has 2 saturated heterocycles. The minimum absolute atomic E-state index is 0.000730. The quantitative estimate of drug-likeness (QED) is 0.496. The van der Waals surface area contributed by atoms with Crippen molar-refractivity contribution in [3.05, 3.63) is 102 Å². The number of likely N-dealkylation sites (N-methyl/N-ethyl adjacent to an activating group) is 1. The summed E-state index contributed by atoms with van der Waals surface area (Å²) in [7, 11) is 3.34. The van der Waals surface area contributed by atoms with Crippen LogP contribution in [0.3, 0.4) is 0 Å². The molecule has 0 aliphatic carbocycles. The molecule has 9 heteroatoms. The van der Waals surface area contributed by atoms with E-state index in [4.69, 9.17) is 4.74 Å². The lowest BCUT2D eigenvalue weighted by Crippen LogP contribution is -2.76. The van der Waals surface area contributed by atoms with Gasteiger partial charge in [-0.3, -0.25) is 9.59 Å². The van der Waals surface area contributed by atoms with E-state index in [1.165, 1.54) is 0 Å². The minimum Gasteiger partial charge on any atom is -0.497 e. The summed E-state index contributed by atoms with van der Waals surface area (Å²) in [5.41, 5.74) is 2.87. The van der Waals surface area contributed by atoms with Crippen LogP contribution in [0.4, 0.5) is 4.79 Å². The van der Waals surface area contributed by atoms with Crippen LogP contribution in [-0.2, 0) is 22.6 Å². The molecule has 4 amide bonds. The predicted molar refractivity (Wildman–Crippen MR) is 151 cm³/mol. The largest absolute Gasteiger partial charge is 0.497 e. The molecule has 0 saturated carbocycles. The van der Waals surface area contributed by atoms with Gasteiger partial charge in [0.15, 0.2) is 0 Å². The number of rotatable bonds is 7. The Hall–Kier alpha value is -4.37. The highest BCUT2D eigenvalue weighted by atomic mass is 16.5. The number of amides is 4. The number of methoxy groups -OCH3 is 1. The summed E-state index contributed by atoms with van der Waals surface area (Å²) in [6.45, 7) is 2.50. The molecule has 40 heavy (non-hydrogen) atoms. The molecule has 2 heterocycles. The number of urea groups is 1. The van der Waals surface area contributed by atoms with Gasteiger partial charge in [-0.15, -0.1) is 0 Å². The fourth-order valence-electron chi connectivity index (χ4n) is 5.56. The molecule has 3 aromatic rings. The third-order valence-corrected chi connectivity index (χ3v) is 7.72. The standard InChI is InChI=1S/C31H35N5O4/c1-22(25-12-8-5-9-13-25)34-20-28-35(27(30(34)38)18-23-10-6-4-7-11-23)29(37)21-33(2)36(28)31(39)32-19-24-14-16-26(40-3)17-15-24/h4-17,22,27-28H,18-21H2,1-3H3,(H,32,39)/t22?,27-,28-/m0/s1. The number of fused-ring (bicyclic) bond motifs is 1. The van der Waals surface area contributed by atoms with Gasteiger partial charge in [-0.25, -0.2) is 14.8 Å². The summed E-state index contributed by atoms with van der Waals surface area (Å²) in [5, 5.41) is 6.23. The first kappa shape index (κ1) is 27.2. The molecule has 2 aliphatic rings. The molecule has 5 rings (SSSR count). The Labute approximate surface area is 234 Å². The van der Waals surface area contributed by atoms with E-state index in [9.17, 15) is 14.4 Å². The molecular weight excluding hydrogens is 506 g/mol. The zero-order valence-electron chi connectivity index (χ0n) is 23.1. The van der Waals surface area contributed by atoms with Crippen LogP contribution < -0.4 is 10.1 Å². The van der Waals surface area contributed by atoms with Gasteiger partial charge in [0.1, 0.15) is 18.0 Å². The Bertz CT molecular complexity index is 1330. The fraction of sp³-hybridized carbons (Fsp3) is 0.323. The normalized spacial score (nSPS) is 20.2. The maximum atomic E-state index is 14.1. The summed E-state index contributed by atoms with van der Waals surface area (Å²) in [5.74, 6) is 0.449. The van der Waals surface area contributed by atoms with Crippen molar-refractivity contribution in [2.75, 3.05) is 27.2 Å². The Morgan fingerprint density at radius 1 is 0.950 bits per heavy atom. The number of nitrogens with one attached hydrogen (secondary N) is 1. The Kier molecular flexibility index (Phi) is 8.02. The average molecular weight is 542 g/mol. The van der Waals surface area contributed by atoms with Crippen molar-refractivity contribution in [1.29, 1.82) is 0 Å². The van der Waals surface area contributed by atoms with Gasteiger partial charge in [0.05, 0.1) is 26.2 Å². The van der Waals surface area contributed by atoms with Crippen LogP contribution in [0.25, 0.3) is 0 Å². The Morgan fingerprint density at radius 3 is 2.25 bits per heavy atom. The van der Waals surface area contributed by atoms with Gasteiger partial charge in [0.25, 0.3) is 0 Å². The van der Waals surface area contributed by atoms with E-state index in [1.807, 2.05) is 91.9 Å². The number of carbonyl (C=O) groups is 3. The summed E-state index contributed by atoms with van der Waals surface area (Å²) < 4.78 is 5.22. The number of hydrogen-bond donors (Lipinski definition) is 1. The number of ether oxygens (including phenoxy) is 1. The van der Waals surface area contributed by atoms with Crippen molar-refractivity contribution in [2.24, 2.45) is 0 Å². The van der Waals surface area contributed by atoms with Crippen LogP contribution in [0.5, 0.6) is 5.75 Å². The Morgan fingerprint density at radius 2 is 1.60 bits per heavy atom. The van der Waals surface area contributed by atoms with Crippen molar-refractivity contribution in [1.82, 2.24) is 25.1 Å². The van der Waals surface area contributed by atoms with E-state index < -0.39 is 12.2 Å². The van der Waals surface area contributed by atoms with Crippen LogP contribution >= 0.6 is 0 Å². The zero-order valence-corrected chi connectivity index (χ0v) is 23.1. The molecule has 3 aromatic carbocycles. The molecule has 0 radical (unpaired) electrons. The van der Waals surface area contributed by atoms with Crippen LogP contribution in [0.1, 0.15) is 29.7 Å². The van der Waals surface area contributed by atoms with E-state index in [-0.39, 0.29) is 37.0 Å². The molecule has 2 aliphatic heterocycles. The van der Waals surface area contributed by atoms with Crippen molar-refractivity contribution in [3.8, 4) is 5.75 Å². The maximum absolute atomic E-state index is 14.1. The fourth-order valence-corrected chi connectivity index (χ4v) is 5.56. The van der Waals surface area contributed by atoms with Gasteiger partial charge >= 0.3 is 6.03 Å². The van der Waals surface area contributed by atoms with E-state index in [1.54, 1.807) is 34.0 Å². The van der Waals surface area contributed by atoms with Gasteiger partial charge < -0.3 is 19.9 Å². The SMILES string of the molecule is COc1ccc(CNC(=O)N2[C@H]3CN(C(C)c4ccccc4)C(=O)[C@H](Cc4ccccc4)N3C(=O)CN2C)cc1. The second-order valence-electron chi connectivity index (χ2n) is 10.2. The lowest BCUT2D eigenvalue weighted by atomic mass is 9.96. The molecule has 3 atom stereocenters. The summed E-state index contributed by atoms with van der Waals surface area (Å²) in [6.07, 6.45) is -0.287. The summed E-state index contributed by atoms with van der Waals surface area (Å²) in [4.78, 5) is 44.6. The number of benzene rings is 3. The monoisotopic (exact) mass is 541 g/mol. The highest BCUT2D eigenvalue weighted by Crippen LogP contribution is 2.32. The number of hydrogen-bond acceptors (Lipinski definition) is 5. The second kappa shape index (κ2) is 11.8. The van der Waals surface area contributed by atoms with E-state index in [0.29, 0.717) is 13.0 Å². The molecule has 1 N–H and O–H groups in total. The predicted octanol–water partition coefficient (Wildman–Crippen LogP) is 3.44. The van der Waals surface area contributed by atoms with E-state index in [0.717, 1.165) is 22.4 Å². The molecule has 0 spiro atoms. The molecule has 208 valence electrons. The van der Waals surface area contributed by atoms with Crippen LogP contribution in [-0.4, -0.2) is 77.1 Å². The smallest absolute Gasteiger partial charge is 0.334 e. The number of nitrogens with zero attached hydrogens (tertiary/aromatic N) is 4. The third kappa shape index (κ3) is 5.51. The molecular formula is C31H35N5O4. The lowest BCUT2D eigenvalue weighted by Gasteiger charge is -2.55. The lowest BCUT2D eigenvalue weighted by molar-refractivity contribution is -0.189. The first-order valence-corrected chi connectivity index (χ1v) is 13.5. The van der Waals surface area contributed by atoms with Gasteiger partial charge in [-0.1, -0.05) is 72.8 Å². The third-order valence-electron chi connectivity index (χ3n) is 7.72. The molecule has 0 aromatic heterocycles. The van der Waals surface area contributed by atoms with Crippen molar-refractivity contribution in [3.63, 3.8) is 0 Å². The Balaban J connectivity index is 1.45. The van der Waals surface area contributed by atoms with Gasteiger partial charge in [-0.05, 0) is 35.7 Å². The summed E-state index contributed by atoms with van der Waals surface area (Å²) in [6, 6.07) is 25.7. The van der Waals surface area contributed by atoms with Gasteiger partial charge in [-0.2, -0.15) is 0 Å². The highest BCUT2D eigenvalue weighted by molar-refractivity contribution is 5.92. The molecule has 1 unspecified atom stereocenters. The van der Waals surface area contributed by atoms with Gasteiger partial charge in [0, 0.05) is 20.0 Å². The summed E-state index contributed by atoms with van der Waals surface area (Å²) >= 11 is 0. The van der Waals surface area contributed by atoms with E-state index in [2.05, 4.69) is 5.32 Å². The topological polar surface area (TPSA) is 85.4 Å². The van der Waals surface area contributed by atoms with Crippen LogP contribution in [0.15, 0.2) is 84.9 Å². The zero-order chi connectivity index (χ0) is 28.2. The van der Waals surface area contributed by atoms with Gasteiger partial charge in [0.2, 0.25) is 11.8 Å². The highest BCUT2D eigenvalue weighted by Gasteiger charge is 2.51. The van der Waals surface area contributed by atoms with Crippen LogP contribution in [0.2, 0.25) is 0 Å². The van der Waals surface area contributed by atoms with Crippen molar-refractivity contribution in [2.45, 2.75) is 38.1 Å². The first-order chi connectivity index (χ1) is 19.4. The number of piperazine rings is 1. The number of hydrazine groups is 1. The molecule has 9 nitrogen and oxygen atoms in total. The van der Waals surface area contributed by atoms with E-state index >= 15 is 0 Å².